The summed E-state index contributed by atoms with van der Waals surface area (Å²) in [7, 11) is 0. The second kappa shape index (κ2) is 5.97. The molecule has 0 aliphatic heterocycles. The monoisotopic (exact) mass is 210 g/mol. The number of thiophene rings is 1. The molecule has 1 heterocycles. The molecular weight excluding hydrogens is 192 g/mol. The van der Waals surface area contributed by atoms with Crippen molar-refractivity contribution in [3.63, 3.8) is 0 Å². The van der Waals surface area contributed by atoms with Crippen LogP contribution in [0.1, 0.15) is 38.7 Å². The molecular formula is C12H18OS. The van der Waals surface area contributed by atoms with Crippen LogP contribution in [0.15, 0.2) is 16.8 Å². The standard InChI is InChI=1S/C12H18OS/c1-3-11(4-2)12(13)6-5-10-7-8-14-9-10/h7-9,11H,3-6H2,1-2H3. The van der Waals surface area contributed by atoms with Gasteiger partial charge in [0.25, 0.3) is 0 Å². The molecule has 0 amide bonds. The summed E-state index contributed by atoms with van der Waals surface area (Å²) in [5, 5.41) is 4.19. The summed E-state index contributed by atoms with van der Waals surface area (Å²) in [6.07, 6.45) is 3.60. The van der Waals surface area contributed by atoms with E-state index in [0.29, 0.717) is 12.2 Å². The van der Waals surface area contributed by atoms with Crippen molar-refractivity contribution < 1.29 is 4.79 Å². The quantitative estimate of drug-likeness (QED) is 0.700. The summed E-state index contributed by atoms with van der Waals surface area (Å²) in [6, 6.07) is 2.10. The topological polar surface area (TPSA) is 17.1 Å². The third-order valence-electron chi connectivity index (χ3n) is 2.68. The number of Topliss-reactive ketones (excluding diaryl/α,β-unsaturated/α-hetero) is 1. The van der Waals surface area contributed by atoms with Gasteiger partial charge in [-0.2, -0.15) is 11.3 Å². The van der Waals surface area contributed by atoms with E-state index >= 15 is 0 Å². The number of hydrogen-bond donors (Lipinski definition) is 0. The van der Waals surface area contributed by atoms with Gasteiger partial charge < -0.3 is 0 Å². The maximum atomic E-state index is 11.7. The van der Waals surface area contributed by atoms with Gasteiger partial charge in [-0.3, -0.25) is 4.79 Å². The Kier molecular flexibility index (Phi) is 4.88. The summed E-state index contributed by atoms with van der Waals surface area (Å²) in [5.41, 5.74) is 1.30. The highest BCUT2D eigenvalue weighted by molar-refractivity contribution is 7.07. The van der Waals surface area contributed by atoms with Crippen molar-refractivity contribution in [1.29, 1.82) is 0 Å². The van der Waals surface area contributed by atoms with Crippen LogP contribution in [-0.4, -0.2) is 5.78 Å². The first-order chi connectivity index (χ1) is 6.77. The molecule has 14 heavy (non-hydrogen) atoms. The van der Waals surface area contributed by atoms with E-state index in [-0.39, 0.29) is 5.92 Å². The van der Waals surface area contributed by atoms with Crippen LogP contribution in [0.3, 0.4) is 0 Å². The van der Waals surface area contributed by atoms with E-state index in [0.717, 1.165) is 19.3 Å². The SMILES string of the molecule is CCC(CC)C(=O)CCc1ccsc1. The molecule has 1 aromatic heterocycles. The smallest absolute Gasteiger partial charge is 0.136 e. The van der Waals surface area contributed by atoms with Gasteiger partial charge in [-0.1, -0.05) is 13.8 Å². The minimum absolute atomic E-state index is 0.286. The molecule has 0 aliphatic carbocycles. The van der Waals surface area contributed by atoms with E-state index in [9.17, 15) is 4.79 Å². The Bertz CT molecular complexity index is 260. The van der Waals surface area contributed by atoms with Crippen molar-refractivity contribution in [2.45, 2.75) is 39.5 Å². The molecule has 0 aliphatic rings. The highest BCUT2D eigenvalue weighted by Crippen LogP contribution is 2.14. The third kappa shape index (κ3) is 3.26. The first kappa shape index (κ1) is 11.4. The summed E-state index contributed by atoms with van der Waals surface area (Å²) < 4.78 is 0. The van der Waals surface area contributed by atoms with E-state index in [4.69, 9.17) is 0 Å². The second-order valence-electron chi connectivity index (χ2n) is 3.61. The van der Waals surface area contributed by atoms with Crippen LogP contribution in [0, 0.1) is 5.92 Å². The number of carbonyl (C=O) groups excluding carboxylic acids is 1. The van der Waals surface area contributed by atoms with Crippen molar-refractivity contribution >= 4 is 17.1 Å². The van der Waals surface area contributed by atoms with Gasteiger partial charge in [0.2, 0.25) is 0 Å². The number of rotatable bonds is 6. The maximum Gasteiger partial charge on any atom is 0.136 e. The Balaban J connectivity index is 2.34. The minimum Gasteiger partial charge on any atom is -0.299 e. The van der Waals surface area contributed by atoms with Crippen LogP contribution in [0.2, 0.25) is 0 Å². The molecule has 0 radical (unpaired) electrons. The number of ketones is 1. The van der Waals surface area contributed by atoms with E-state index in [1.165, 1.54) is 5.56 Å². The first-order valence-corrected chi connectivity index (χ1v) is 6.26. The summed E-state index contributed by atoms with van der Waals surface area (Å²) in [4.78, 5) is 11.7. The van der Waals surface area contributed by atoms with Crippen molar-refractivity contribution in [1.82, 2.24) is 0 Å². The molecule has 0 N–H and O–H groups in total. The molecule has 78 valence electrons. The zero-order valence-corrected chi connectivity index (χ0v) is 9.77. The van der Waals surface area contributed by atoms with Crippen molar-refractivity contribution in [2.24, 2.45) is 5.92 Å². The molecule has 0 aromatic carbocycles. The highest BCUT2D eigenvalue weighted by atomic mass is 32.1. The molecule has 0 bridgehead atoms. The molecule has 0 atom stereocenters. The third-order valence-corrected chi connectivity index (χ3v) is 3.41. The molecule has 0 fully saturated rings. The lowest BCUT2D eigenvalue weighted by Gasteiger charge is -2.09. The average molecular weight is 210 g/mol. The molecule has 0 unspecified atom stereocenters. The molecule has 0 saturated heterocycles. The summed E-state index contributed by atoms with van der Waals surface area (Å²) in [6.45, 7) is 4.19. The summed E-state index contributed by atoms with van der Waals surface area (Å²) >= 11 is 1.70. The minimum atomic E-state index is 0.286. The number of hydrogen-bond acceptors (Lipinski definition) is 2. The Morgan fingerprint density at radius 1 is 1.43 bits per heavy atom. The predicted octanol–water partition coefficient (Wildman–Crippen LogP) is 3.69. The van der Waals surface area contributed by atoms with E-state index in [2.05, 4.69) is 30.7 Å². The van der Waals surface area contributed by atoms with Crippen molar-refractivity contribution in [3.05, 3.63) is 22.4 Å². The number of aryl methyl sites for hydroxylation is 1. The predicted molar refractivity (Wildman–Crippen MR) is 61.7 cm³/mol. The lowest BCUT2D eigenvalue weighted by atomic mass is 9.94. The summed E-state index contributed by atoms with van der Waals surface area (Å²) in [5.74, 6) is 0.717. The van der Waals surface area contributed by atoms with Gasteiger partial charge in [0.05, 0.1) is 0 Å². The number of carbonyl (C=O) groups is 1. The zero-order chi connectivity index (χ0) is 10.4. The normalized spacial score (nSPS) is 10.8. The van der Waals surface area contributed by atoms with Gasteiger partial charge in [-0.15, -0.1) is 0 Å². The van der Waals surface area contributed by atoms with E-state index in [1.807, 2.05) is 0 Å². The maximum absolute atomic E-state index is 11.7. The van der Waals surface area contributed by atoms with Gasteiger partial charge in [0, 0.05) is 12.3 Å². The van der Waals surface area contributed by atoms with Crippen molar-refractivity contribution in [2.75, 3.05) is 0 Å². The lowest BCUT2D eigenvalue weighted by Crippen LogP contribution is -2.13. The largest absolute Gasteiger partial charge is 0.299 e. The molecule has 0 saturated carbocycles. The van der Waals surface area contributed by atoms with E-state index < -0.39 is 0 Å². The fourth-order valence-corrected chi connectivity index (χ4v) is 2.35. The van der Waals surface area contributed by atoms with Crippen molar-refractivity contribution in [3.8, 4) is 0 Å². The van der Waals surface area contributed by atoms with E-state index in [1.54, 1.807) is 11.3 Å². The van der Waals surface area contributed by atoms with Gasteiger partial charge >= 0.3 is 0 Å². The molecule has 1 aromatic rings. The fraction of sp³-hybridized carbons (Fsp3) is 0.583. The van der Waals surface area contributed by atoms with Crippen LogP contribution in [0.25, 0.3) is 0 Å². The zero-order valence-electron chi connectivity index (χ0n) is 8.95. The fourth-order valence-electron chi connectivity index (χ4n) is 1.65. The average Bonchev–Trinajstić information content (AvgIpc) is 2.69. The van der Waals surface area contributed by atoms with Crippen LogP contribution < -0.4 is 0 Å². The van der Waals surface area contributed by atoms with Crippen LogP contribution in [0.4, 0.5) is 0 Å². The van der Waals surface area contributed by atoms with Gasteiger partial charge in [-0.25, -0.2) is 0 Å². The van der Waals surface area contributed by atoms with Gasteiger partial charge in [0.1, 0.15) is 5.78 Å². The molecule has 1 nitrogen and oxygen atoms in total. The lowest BCUT2D eigenvalue weighted by molar-refractivity contribution is -0.123. The van der Waals surface area contributed by atoms with Crippen LogP contribution in [0.5, 0.6) is 0 Å². The molecule has 0 spiro atoms. The highest BCUT2D eigenvalue weighted by Gasteiger charge is 2.13. The first-order valence-electron chi connectivity index (χ1n) is 5.31. The van der Waals surface area contributed by atoms with Crippen LogP contribution in [-0.2, 0) is 11.2 Å². The Morgan fingerprint density at radius 3 is 2.64 bits per heavy atom. The Morgan fingerprint density at radius 2 is 2.14 bits per heavy atom. The molecule has 1 rings (SSSR count). The van der Waals surface area contributed by atoms with Crippen LogP contribution >= 0.6 is 11.3 Å². The van der Waals surface area contributed by atoms with Gasteiger partial charge in [-0.05, 0) is 41.7 Å². The molecule has 2 heteroatoms. The Hall–Kier alpha value is -0.630. The van der Waals surface area contributed by atoms with Gasteiger partial charge in [0.15, 0.2) is 0 Å². The Labute approximate surface area is 90.2 Å². The second-order valence-corrected chi connectivity index (χ2v) is 4.39.